The van der Waals surface area contributed by atoms with Gasteiger partial charge in [-0.2, -0.15) is 5.01 Å². The Labute approximate surface area is 185 Å². The number of ketones is 1. The van der Waals surface area contributed by atoms with Gasteiger partial charge in [-0.15, -0.1) is 0 Å². The lowest BCUT2D eigenvalue weighted by Gasteiger charge is -2.29. The van der Waals surface area contributed by atoms with Crippen molar-refractivity contribution in [3.05, 3.63) is 111 Å². The zero-order valence-electron chi connectivity index (χ0n) is 16.8. The molecular formula is C23H14FN3O6. The van der Waals surface area contributed by atoms with Crippen LogP contribution in [0.15, 0.2) is 72.8 Å². The number of Topliss-reactive ketones (excluding diaryl/α,β-unsaturated/α-hetero) is 1. The van der Waals surface area contributed by atoms with Crippen molar-refractivity contribution in [1.82, 2.24) is 10.0 Å². The highest BCUT2D eigenvalue weighted by Crippen LogP contribution is 2.26. The van der Waals surface area contributed by atoms with Crippen LogP contribution >= 0.6 is 0 Å². The molecule has 3 aromatic carbocycles. The number of carbonyl (C=O) groups excluding carboxylic acids is 4. The van der Waals surface area contributed by atoms with Gasteiger partial charge in [-0.05, 0) is 48.5 Å². The highest BCUT2D eigenvalue weighted by Gasteiger charge is 2.42. The van der Waals surface area contributed by atoms with Crippen LogP contribution in [0.1, 0.15) is 41.4 Å². The molecule has 0 aliphatic carbocycles. The summed E-state index contributed by atoms with van der Waals surface area (Å²) in [4.78, 5) is 62.3. The van der Waals surface area contributed by atoms with E-state index in [9.17, 15) is 33.7 Å². The Bertz CT molecular complexity index is 1270. The number of hydrogen-bond donors (Lipinski definition) is 0. The van der Waals surface area contributed by atoms with E-state index < -0.39 is 40.8 Å². The Morgan fingerprint density at radius 3 is 1.88 bits per heavy atom. The molecule has 164 valence electrons. The summed E-state index contributed by atoms with van der Waals surface area (Å²) in [5, 5.41) is 12.2. The molecule has 0 spiro atoms. The summed E-state index contributed by atoms with van der Waals surface area (Å²) in [5.74, 6) is -3.70. The number of hydrogen-bond acceptors (Lipinski definition) is 6. The molecule has 0 saturated heterocycles. The normalized spacial score (nSPS) is 12.5. The van der Waals surface area contributed by atoms with E-state index in [0.717, 1.165) is 36.4 Å². The van der Waals surface area contributed by atoms with Gasteiger partial charge in [0, 0.05) is 23.3 Å². The molecule has 0 N–H and O–H groups in total. The number of non-ortho nitro benzene ring substituents is 1. The standard InChI is InChI=1S/C23H14FN3O6/c24-16-9-5-14(6-10-16)20(28)13-25(21(29)15-7-11-17(12-8-15)27(32)33)26-22(30)18-3-1-2-4-19(18)23(26)31/h1-12H,13H2. The summed E-state index contributed by atoms with van der Waals surface area (Å²) in [6.07, 6.45) is 0. The lowest BCUT2D eigenvalue weighted by Crippen LogP contribution is -2.51. The SMILES string of the molecule is O=C(CN(C(=O)c1ccc([N+](=O)[O-])cc1)N1C(=O)c2ccccc2C1=O)c1ccc(F)cc1. The smallest absolute Gasteiger partial charge is 0.280 e. The van der Waals surface area contributed by atoms with Crippen molar-refractivity contribution >= 4 is 29.2 Å². The second-order valence-electron chi connectivity index (χ2n) is 7.06. The summed E-state index contributed by atoms with van der Waals surface area (Å²) in [6.45, 7) is -0.701. The number of carbonyl (C=O) groups is 4. The Morgan fingerprint density at radius 1 is 0.848 bits per heavy atom. The van der Waals surface area contributed by atoms with E-state index in [1.165, 1.54) is 24.3 Å². The molecule has 10 heteroatoms. The molecule has 0 atom stereocenters. The Morgan fingerprint density at radius 2 is 1.36 bits per heavy atom. The van der Waals surface area contributed by atoms with E-state index in [-0.39, 0.29) is 27.9 Å². The molecule has 1 aliphatic heterocycles. The third-order valence-corrected chi connectivity index (χ3v) is 5.03. The van der Waals surface area contributed by atoms with Gasteiger partial charge in [-0.3, -0.25) is 29.3 Å². The van der Waals surface area contributed by atoms with E-state index in [1.54, 1.807) is 12.1 Å². The molecule has 0 unspecified atom stereocenters. The maximum absolute atomic E-state index is 13.3. The molecule has 1 aliphatic rings. The zero-order valence-corrected chi connectivity index (χ0v) is 16.8. The Hall–Kier alpha value is -4.73. The fourth-order valence-corrected chi connectivity index (χ4v) is 3.37. The number of nitro groups is 1. The van der Waals surface area contributed by atoms with Crippen molar-refractivity contribution in [2.45, 2.75) is 0 Å². The minimum atomic E-state index is -0.894. The summed E-state index contributed by atoms with van der Waals surface area (Å²) >= 11 is 0. The fourth-order valence-electron chi connectivity index (χ4n) is 3.37. The number of imide groups is 1. The fraction of sp³-hybridized carbons (Fsp3) is 0.0435. The first-order valence-corrected chi connectivity index (χ1v) is 9.60. The topological polar surface area (TPSA) is 118 Å². The van der Waals surface area contributed by atoms with Crippen molar-refractivity contribution < 1.29 is 28.5 Å². The maximum atomic E-state index is 13.3. The van der Waals surface area contributed by atoms with E-state index in [4.69, 9.17) is 0 Å². The lowest BCUT2D eigenvalue weighted by molar-refractivity contribution is -0.384. The predicted molar refractivity (Wildman–Crippen MR) is 112 cm³/mol. The van der Waals surface area contributed by atoms with Crippen molar-refractivity contribution in [2.24, 2.45) is 0 Å². The maximum Gasteiger partial charge on any atom is 0.280 e. The molecule has 0 fully saturated rings. The number of halogens is 1. The molecule has 3 amide bonds. The molecule has 9 nitrogen and oxygen atoms in total. The van der Waals surface area contributed by atoms with Crippen molar-refractivity contribution in [2.75, 3.05) is 6.54 Å². The van der Waals surface area contributed by atoms with Crippen molar-refractivity contribution in [3.8, 4) is 0 Å². The first-order valence-electron chi connectivity index (χ1n) is 9.60. The molecule has 0 bridgehead atoms. The van der Waals surface area contributed by atoms with Gasteiger partial charge < -0.3 is 0 Å². The van der Waals surface area contributed by atoms with Crippen LogP contribution < -0.4 is 0 Å². The monoisotopic (exact) mass is 447 g/mol. The first-order chi connectivity index (χ1) is 15.8. The lowest BCUT2D eigenvalue weighted by atomic mass is 10.1. The van der Waals surface area contributed by atoms with Crippen molar-refractivity contribution in [3.63, 3.8) is 0 Å². The predicted octanol–water partition coefficient (Wildman–Crippen LogP) is 3.27. The van der Waals surface area contributed by atoms with Gasteiger partial charge in [0.25, 0.3) is 23.4 Å². The third-order valence-electron chi connectivity index (χ3n) is 5.03. The average Bonchev–Trinajstić information content (AvgIpc) is 3.07. The highest BCUT2D eigenvalue weighted by atomic mass is 19.1. The van der Waals surface area contributed by atoms with Gasteiger partial charge in [0.05, 0.1) is 16.1 Å². The van der Waals surface area contributed by atoms with Gasteiger partial charge in [0.15, 0.2) is 5.78 Å². The van der Waals surface area contributed by atoms with Crippen LogP contribution in [0.4, 0.5) is 10.1 Å². The van der Waals surface area contributed by atoms with Crippen LogP contribution in [0.3, 0.4) is 0 Å². The number of nitro benzene ring substituents is 1. The number of benzene rings is 3. The number of amides is 3. The molecule has 3 aromatic rings. The summed E-state index contributed by atoms with van der Waals surface area (Å²) in [6, 6.07) is 15.0. The second-order valence-corrected chi connectivity index (χ2v) is 7.06. The highest BCUT2D eigenvalue weighted by molar-refractivity contribution is 6.22. The van der Waals surface area contributed by atoms with Crippen LogP contribution in [0.25, 0.3) is 0 Å². The molecule has 1 heterocycles. The first kappa shape index (κ1) is 21.5. The molecule has 0 aromatic heterocycles. The Kier molecular flexibility index (Phi) is 5.49. The van der Waals surface area contributed by atoms with Crippen LogP contribution in [-0.2, 0) is 0 Å². The van der Waals surface area contributed by atoms with Crippen LogP contribution in [0.5, 0.6) is 0 Å². The second kappa shape index (κ2) is 8.42. The number of rotatable bonds is 6. The van der Waals surface area contributed by atoms with Crippen LogP contribution in [-0.4, -0.2) is 45.0 Å². The van der Waals surface area contributed by atoms with Gasteiger partial charge in [-0.25, -0.2) is 9.40 Å². The van der Waals surface area contributed by atoms with E-state index in [2.05, 4.69) is 0 Å². The summed E-state index contributed by atoms with van der Waals surface area (Å²) < 4.78 is 13.2. The number of hydrazine groups is 1. The summed E-state index contributed by atoms with van der Waals surface area (Å²) in [7, 11) is 0. The van der Waals surface area contributed by atoms with E-state index in [0.29, 0.717) is 10.0 Å². The molecule has 33 heavy (non-hydrogen) atoms. The van der Waals surface area contributed by atoms with Crippen LogP contribution in [0, 0.1) is 15.9 Å². The van der Waals surface area contributed by atoms with Gasteiger partial charge in [0.2, 0.25) is 0 Å². The quantitative estimate of drug-likeness (QED) is 0.248. The van der Waals surface area contributed by atoms with E-state index >= 15 is 0 Å². The van der Waals surface area contributed by atoms with Crippen LogP contribution in [0.2, 0.25) is 0 Å². The molecule has 4 rings (SSSR count). The Balaban J connectivity index is 1.72. The van der Waals surface area contributed by atoms with Gasteiger partial charge >= 0.3 is 0 Å². The minimum absolute atomic E-state index is 0.0644. The molecule has 0 saturated carbocycles. The minimum Gasteiger partial charge on any atom is -0.292 e. The van der Waals surface area contributed by atoms with Crippen molar-refractivity contribution in [1.29, 1.82) is 0 Å². The average molecular weight is 447 g/mol. The number of fused-ring (bicyclic) bond motifs is 1. The van der Waals surface area contributed by atoms with E-state index in [1.807, 2.05) is 0 Å². The largest absolute Gasteiger partial charge is 0.292 e. The third kappa shape index (κ3) is 3.97. The van der Waals surface area contributed by atoms with Gasteiger partial charge in [-0.1, -0.05) is 12.1 Å². The summed E-state index contributed by atoms with van der Waals surface area (Å²) in [5.41, 5.74) is -0.142. The zero-order chi connectivity index (χ0) is 23.7. The number of nitrogens with zero attached hydrogens (tertiary/aromatic N) is 3. The molecule has 0 radical (unpaired) electrons. The van der Waals surface area contributed by atoms with Gasteiger partial charge in [0.1, 0.15) is 12.4 Å². The molecular weight excluding hydrogens is 433 g/mol.